The fourth-order valence-corrected chi connectivity index (χ4v) is 3.58. The Labute approximate surface area is 122 Å². The summed E-state index contributed by atoms with van der Waals surface area (Å²) in [5, 5.41) is -0.141. The Morgan fingerprint density at radius 3 is 2.65 bits per heavy atom. The normalized spacial score (nSPS) is 17.4. The van der Waals surface area contributed by atoms with Crippen LogP contribution in [-0.4, -0.2) is 27.7 Å². The standard InChI is InChI=1S/C12H16ClFN2O3S/c13-12-8(7-15)5-10(6-11(12)14)20(17,18)16-9-1-3-19-4-2-9/h5-6,9,16H,1-4,7,15H2. The molecule has 0 aromatic heterocycles. The molecular weight excluding hydrogens is 307 g/mol. The van der Waals surface area contributed by atoms with Crippen molar-refractivity contribution in [2.75, 3.05) is 13.2 Å². The van der Waals surface area contributed by atoms with E-state index in [0.717, 1.165) is 6.07 Å². The second-order valence-corrected chi connectivity index (χ2v) is 6.68. The van der Waals surface area contributed by atoms with Gasteiger partial charge in [-0.2, -0.15) is 0 Å². The molecule has 0 aliphatic carbocycles. The van der Waals surface area contributed by atoms with Gasteiger partial charge in [-0.3, -0.25) is 0 Å². The van der Waals surface area contributed by atoms with Crippen molar-refractivity contribution in [3.8, 4) is 0 Å². The lowest BCUT2D eigenvalue weighted by Crippen LogP contribution is -2.38. The van der Waals surface area contributed by atoms with Crippen LogP contribution in [0.1, 0.15) is 18.4 Å². The molecule has 20 heavy (non-hydrogen) atoms. The number of rotatable bonds is 4. The number of nitrogens with two attached hydrogens (primary N) is 1. The van der Waals surface area contributed by atoms with Gasteiger partial charge in [-0.25, -0.2) is 17.5 Å². The third-order valence-corrected chi connectivity index (χ3v) is 5.07. The topological polar surface area (TPSA) is 81.4 Å². The molecular formula is C12H16ClFN2O3S. The first-order valence-electron chi connectivity index (χ1n) is 6.22. The van der Waals surface area contributed by atoms with E-state index in [1.54, 1.807) is 0 Å². The maximum Gasteiger partial charge on any atom is 0.240 e. The summed E-state index contributed by atoms with van der Waals surface area (Å²) in [6, 6.07) is 2.00. The minimum atomic E-state index is -3.79. The predicted octanol–water partition coefficient (Wildman–Crippen LogP) is 1.40. The zero-order chi connectivity index (χ0) is 14.8. The first kappa shape index (κ1) is 15.7. The van der Waals surface area contributed by atoms with Crippen LogP contribution in [0.2, 0.25) is 5.02 Å². The SMILES string of the molecule is NCc1cc(S(=O)(=O)NC2CCOCC2)cc(F)c1Cl. The number of sulfonamides is 1. The highest BCUT2D eigenvalue weighted by molar-refractivity contribution is 7.89. The molecule has 0 radical (unpaired) electrons. The Kier molecular flexibility index (Phi) is 4.98. The summed E-state index contributed by atoms with van der Waals surface area (Å²) in [5.41, 5.74) is 5.70. The first-order chi connectivity index (χ1) is 9.44. The van der Waals surface area contributed by atoms with E-state index in [2.05, 4.69) is 4.72 Å². The van der Waals surface area contributed by atoms with Gasteiger partial charge in [0.05, 0.1) is 9.92 Å². The van der Waals surface area contributed by atoms with Crippen molar-refractivity contribution in [3.63, 3.8) is 0 Å². The maximum atomic E-state index is 13.6. The summed E-state index contributed by atoms with van der Waals surface area (Å²) in [4.78, 5) is -0.161. The monoisotopic (exact) mass is 322 g/mol. The maximum absolute atomic E-state index is 13.6. The van der Waals surface area contributed by atoms with Gasteiger partial charge in [-0.05, 0) is 30.5 Å². The molecule has 1 heterocycles. The minimum Gasteiger partial charge on any atom is -0.381 e. The van der Waals surface area contributed by atoms with Crippen LogP contribution >= 0.6 is 11.6 Å². The average Bonchev–Trinajstić information content (AvgIpc) is 2.42. The van der Waals surface area contributed by atoms with Gasteiger partial charge in [-0.15, -0.1) is 0 Å². The van der Waals surface area contributed by atoms with Crippen LogP contribution in [0.3, 0.4) is 0 Å². The average molecular weight is 323 g/mol. The van der Waals surface area contributed by atoms with E-state index in [1.165, 1.54) is 6.07 Å². The zero-order valence-corrected chi connectivity index (χ0v) is 12.3. The van der Waals surface area contributed by atoms with Crippen molar-refractivity contribution < 1.29 is 17.5 Å². The highest BCUT2D eigenvalue weighted by atomic mass is 35.5. The van der Waals surface area contributed by atoms with Gasteiger partial charge in [-0.1, -0.05) is 11.6 Å². The second-order valence-electron chi connectivity index (χ2n) is 4.59. The third-order valence-electron chi connectivity index (χ3n) is 3.15. The Morgan fingerprint density at radius 1 is 1.40 bits per heavy atom. The Morgan fingerprint density at radius 2 is 2.05 bits per heavy atom. The molecule has 112 valence electrons. The summed E-state index contributed by atoms with van der Waals surface area (Å²) in [7, 11) is -3.79. The number of hydrogen-bond donors (Lipinski definition) is 2. The molecule has 1 aliphatic heterocycles. The molecule has 1 saturated heterocycles. The molecule has 0 atom stereocenters. The van der Waals surface area contributed by atoms with Gasteiger partial charge in [0.25, 0.3) is 0 Å². The van der Waals surface area contributed by atoms with E-state index in [0.29, 0.717) is 26.1 Å². The molecule has 0 unspecified atom stereocenters. The van der Waals surface area contributed by atoms with E-state index in [1.807, 2.05) is 0 Å². The number of halogens is 2. The van der Waals surface area contributed by atoms with Crippen LogP contribution in [0.15, 0.2) is 17.0 Å². The first-order valence-corrected chi connectivity index (χ1v) is 8.08. The van der Waals surface area contributed by atoms with Crippen LogP contribution in [0.25, 0.3) is 0 Å². The number of benzene rings is 1. The van der Waals surface area contributed by atoms with Crippen molar-refractivity contribution in [3.05, 3.63) is 28.5 Å². The molecule has 5 nitrogen and oxygen atoms in total. The van der Waals surface area contributed by atoms with Crippen molar-refractivity contribution >= 4 is 21.6 Å². The quantitative estimate of drug-likeness (QED) is 0.878. The third kappa shape index (κ3) is 3.48. The van der Waals surface area contributed by atoms with Gasteiger partial charge in [0.15, 0.2) is 0 Å². The van der Waals surface area contributed by atoms with Crippen LogP contribution in [-0.2, 0) is 21.3 Å². The molecule has 0 saturated carbocycles. The lowest BCUT2D eigenvalue weighted by molar-refractivity contribution is 0.0832. The van der Waals surface area contributed by atoms with Crippen LogP contribution in [0.4, 0.5) is 4.39 Å². The fraction of sp³-hybridized carbons (Fsp3) is 0.500. The zero-order valence-electron chi connectivity index (χ0n) is 10.7. The molecule has 2 rings (SSSR count). The highest BCUT2D eigenvalue weighted by Crippen LogP contribution is 2.24. The molecule has 1 aliphatic rings. The van der Waals surface area contributed by atoms with Crippen LogP contribution < -0.4 is 10.5 Å². The van der Waals surface area contributed by atoms with Crippen molar-refractivity contribution in [2.45, 2.75) is 30.3 Å². The molecule has 1 aromatic carbocycles. The van der Waals surface area contributed by atoms with Crippen LogP contribution in [0, 0.1) is 5.82 Å². The number of ether oxygens (including phenoxy) is 1. The molecule has 1 aromatic rings. The second kappa shape index (κ2) is 6.36. The summed E-state index contributed by atoms with van der Waals surface area (Å²) in [5.74, 6) is -0.790. The van der Waals surface area contributed by atoms with Gasteiger partial charge >= 0.3 is 0 Å². The van der Waals surface area contributed by atoms with Gasteiger partial charge in [0.2, 0.25) is 10.0 Å². The molecule has 1 fully saturated rings. The Bertz CT molecular complexity index is 589. The fourth-order valence-electron chi connectivity index (χ4n) is 2.02. The smallest absolute Gasteiger partial charge is 0.240 e. The number of hydrogen-bond acceptors (Lipinski definition) is 4. The van der Waals surface area contributed by atoms with E-state index in [-0.39, 0.29) is 28.1 Å². The Hall–Kier alpha value is -0.730. The lowest BCUT2D eigenvalue weighted by Gasteiger charge is -2.23. The van der Waals surface area contributed by atoms with E-state index < -0.39 is 15.8 Å². The summed E-state index contributed by atoms with van der Waals surface area (Å²) in [6.45, 7) is 0.989. The Balaban J connectivity index is 2.26. The predicted molar refractivity (Wildman–Crippen MR) is 73.5 cm³/mol. The minimum absolute atomic E-state index is 0.0314. The molecule has 8 heteroatoms. The van der Waals surface area contributed by atoms with Gasteiger partial charge < -0.3 is 10.5 Å². The van der Waals surface area contributed by atoms with E-state index >= 15 is 0 Å². The molecule has 0 spiro atoms. The summed E-state index contributed by atoms with van der Waals surface area (Å²) < 4.78 is 45.8. The van der Waals surface area contributed by atoms with Gasteiger partial charge in [0, 0.05) is 25.8 Å². The molecule has 0 bridgehead atoms. The van der Waals surface area contributed by atoms with E-state index in [4.69, 9.17) is 22.1 Å². The van der Waals surface area contributed by atoms with E-state index in [9.17, 15) is 12.8 Å². The molecule has 0 amide bonds. The lowest BCUT2D eigenvalue weighted by atomic mass is 10.1. The van der Waals surface area contributed by atoms with Crippen molar-refractivity contribution in [1.82, 2.24) is 4.72 Å². The van der Waals surface area contributed by atoms with Crippen molar-refractivity contribution in [1.29, 1.82) is 0 Å². The highest BCUT2D eigenvalue weighted by Gasteiger charge is 2.24. The number of nitrogens with one attached hydrogen (secondary N) is 1. The summed E-state index contributed by atoms with van der Waals surface area (Å²) >= 11 is 5.72. The largest absolute Gasteiger partial charge is 0.381 e. The molecule has 3 N–H and O–H groups in total. The van der Waals surface area contributed by atoms with Gasteiger partial charge in [0.1, 0.15) is 5.82 Å². The summed E-state index contributed by atoms with van der Waals surface area (Å²) in [6.07, 6.45) is 1.19. The van der Waals surface area contributed by atoms with Crippen molar-refractivity contribution in [2.24, 2.45) is 5.73 Å². The van der Waals surface area contributed by atoms with Crippen LogP contribution in [0.5, 0.6) is 0 Å².